The van der Waals surface area contributed by atoms with Gasteiger partial charge in [-0.3, -0.25) is 4.79 Å². The Balaban J connectivity index is 1.61. The Morgan fingerprint density at radius 1 is 1.07 bits per heavy atom. The molecule has 2 aromatic heterocycles. The molecule has 1 N–H and O–H groups in total. The van der Waals surface area contributed by atoms with Gasteiger partial charge in [-0.2, -0.15) is 5.10 Å². The molecule has 0 saturated carbocycles. The van der Waals surface area contributed by atoms with Crippen molar-refractivity contribution in [2.45, 2.75) is 26.4 Å². The number of amides is 1. The molecular formula is C24H22ClN3OS. The third kappa shape index (κ3) is 4.32. The van der Waals surface area contributed by atoms with E-state index < -0.39 is 0 Å². The van der Waals surface area contributed by atoms with Crippen LogP contribution in [0.3, 0.4) is 0 Å². The smallest absolute Gasteiger partial charge is 0.257 e. The van der Waals surface area contributed by atoms with Crippen molar-refractivity contribution < 1.29 is 4.79 Å². The number of nitrogens with zero attached hydrogens (tertiary/aromatic N) is 2. The lowest BCUT2D eigenvalue weighted by molar-refractivity contribution is 0.0943. The highest BCUT2D eigenvalue weighted by atomic mass is 35.5. The number of rotatable bonds is 6. The average molecular weight is 436 g/mol. The third-order valence-corrected chi connectivity index (χ3v) is 6.30. The minimum Gasteiger partial charge on any atom is -0.340 e. The summed E-state index contributed by atoms with van der Waals surface area (Å²) in [5.41, 5.74) is 4.33. The van der Waals surface area contributed by atoms with Gasteiger partial charge in [0, 0.05) is 4.88 Å². The summed E-state index contributed by atoms with van der Waals surface area (Å²) in [7, 11) is 0. The fourth-order valence-electron chi connectivity index (χ4n) is 3.41. The van der Waals surface area contributed by atoms with Crippen LogP contribution >= 0.6 is 22.9 Å². The van der Waals surface area contributed by atoms with E-state index in [-0.39, 0.29) is 11.9 Å². The highest BCUT2D eigenvalue weighted by Gasteiger charge is 2.24. The van der Waals surface area contributed by atoms with Crippen molar-refractivity contribution in [3.05, 3.63) is 110 Å². The quantitative estimate of drug-likeness (QED) is 0.417. The number of carbonyl (C=O) groups excluding carboxylic acids is 1. The monoisotopic (exact) mass is 435 g/mol. The molecule has 0 saturated heterocycles. The minimum absolute atomic E-state index is 0.227. The topological polar surface area (TPSA) is 46.9 Å². The van der Waals surface area contributed by atoms with Gasteiger partial charge in [0.2, 0.25) is 0 Å². The maximum absolute atomic E-state index is 13.2. The number of halogens is 1. The first-order valence-corrected chi connectivity index (χ1v) is 11.0. The van der Waals surface area contributed by atoms with E-state index in [0.29, 0.717) is 23.0 Å². The first-order valence-electron chi connectivity index (χ1n) is 9.70. The zero-order valence-corrected chi connectivity index (χ0v) is 18.4. The summed E-state index contributed by atoms with van der Waals surface area (Å²) in [5.74, 6) is -0.227. The second-order valence-corrected chi connectivity index (χ2v) is 8.56. The van der Waals surface area contributed by atoms with Crippen molar-refractivity contribution in [3.63, 3.8) is 0 Å². The lowest BCUT2D eigenvalue weighted by atomic mass is 10.0. The van der Waals surface area contributed by atoms with Crippen LogP contribution in [0.2, 0.25) is 5.15 Å². The number of nitrogens with one attached hydrogen (secondary N) is 1. The maximum atomic E-state index is 13.2. The Labute approximate surface area is 185 Å². The molecule has 152 valence electrons. The Kier molecular flexibility index (Phi) is 6.02. The molecule has 4 rings (SSSR count). The number of hydrogen-bond donors (Lipinski definition) is 1. The van der Waals surface area contributed by atoms with Gasteiger partial charge < -0.3 is 5.32 Å². The summed E-state index contributed by atoms with van der Waals surface area (Å²) in [6, 6.07) is 21.9. The first kappa shape index (κ1) is 20.4. The van der Waals surface area contributed by atoms with Crippen molar-refractivity contribution in [1.82, 2.24) is 15.1 Å². The van der Waals surface area contributed by atoms with Gasteiger partial charge in [0.05, 0.1) is 23.8 Å². The summed E-state index contributed by atoms with van der Waals surface area (Å²) >= 11 is 8.21. The van der Waals surface area contributed by atoms with Crippen LogP contribution in [-0.2, 0) is 6.54 Å². The maximum Gasteiger partial charge on any atom is 0.257 e. The minimum atomic E-state index is -0.241. The summed E-state index contributed by atoms with van der Waals surface area (Å²) < 4.78 is 1.68. The molecule has 6 heteroatoms. The highest BCUT2D eigenvalue weighted by molar-refractivity contribution is 7.10. The highest BCUT2D eigenvalue weighted by Crippen LogP contribution is 2.28. The summed E-state index contributed by atoms with van der Waals surface area (Å²) in [6.45, 7) is 4.38. The van der Waals surface area contributed by atoms with Gasteiger partial charge in [-0.05, 0) is 36.4 Å². The number of thiophene rings is 1. The van der Waals surface area contributed by atoms with E-state index in [0.717, 1.165) is 16.0 Å². The summed E-state index contributed by atoms with van der Waals surface area (Å²) in [5, 5.41) is 10.0. The van der Waals surface area contributed by atoms with Crippen LogP contribution in [0.25, 0.3) is 0 Å². The van der Waals surface area contributed by atoms with Gasteiger partial charge in [-0.15, -0.1) is 11.3 Å². The number of carbonyl (C=O) groups is 1. The molecule has 0 aliphatic carbocycles. The molecule has 0 fully saturated rings. The molecule has 2 aromatic carbocycles. The largest absolute Gasteiger partial charge is 0.340 e. The van der Waals surface area contributed by atoms with Crippen molar-refractivity contribution >= 4 is 28.8 Å². The summed E-state index contributed by atoms with van der Waals surface area (Å²) in [4.78, 5) is 14.3. The van der Waals surface area contributed by atoms with Crippen molar-refractivity contribution in [2.75, 3.05) is 0 Å². The van der Waals surface area contributed by atoms with Crippen LogP contribution in [0.4, 0.5) is 0 Å². The lowest BCUT2D eigenvalue weighted by Gasteiger charge is -2.18. The second kappa shape index (κ2) is 8.86. The first-order chi connectivity index (χ1) is 14.5. The Hall–Kier alpha value is -2.89. The standard InChI is InChI=1S/C24H22ClN3OS/c1-16-10-12-18(13-11-16)15-28-23(25)21(17(2)27-28)24(29)26-22(20-9-6-14-30-20)19-7-4-3-5-8-19/h3-14,22H,15H2,1-2H3,(H,26,29). The van der Waals surface area contributed by atoms with Crippen LogP contribution < -0.4 is 5.32 Å². The third-order valence-electron chi connectivity index (χ3n) is 4.98. The molecule has 2 heterocycles. The van der Waals surface area contributed by atoms with Gasteiger partial charge in [-0.1, -0.05) is 77.8 Å². The molecule has 0 bridgehead atoms. The SMILES string of the molecule is Cc1ccc(Cn2nc(C)c(C(=O)NC(c3ccccc3)c3cccs3)c2Cl)cc1. The van der Waals surface area contributed by atoms with Gasteiger partial charge in [-0.25, -0.2) is 4.68 Å². The Bertz CT molecular complexity index is 1140. The van der Waals surface area contributed by atoms with Crippen LogP contribution in [0.5, 0.6) is 0 Å². The van der Waals surface area contributed by atoms with Gasteiger partial charge >= 0.3 is 0 Å². The molecule has 4 nitrogen and oxygen atoms in total. The Morgan fingerprint density at radius 2 is 1.80 bits per heavy atom. The molecule has 30 heavy (non-hydrogen) atoms. The van der Waals surface area contributed by atoms with E-state index in [9.17, 15) is 4.79 Å². The average Bonchev–Trinajstić information content (AvgIpc) is 3.37. The van der Waals surface area contributed by atoms with Crippen LogP contribution in [0.1, 0.15) is 43.7 Å². The van der Waals surface area contributed by atoms with Crippen LogP contribution in [0.15, 0.2) is 72.1 Å². The van der Waals surface area contributed by atoms with Gasteiger partial charge in [0.25, 0.3) is 5.91 Å². The number of benzene rings is 2. The number of hydrogen-bond acceptors (Lipinski definition) is 3. The number of aromatic nitrogens is 2. The Morgan fingerprint density at radius 3 is 2.47 bits per heavy atom. The zero-order valence-electron chi connectivity index (χ0n) is 16.8. The second-order valence-electron chi connectivity index (χ2n) is 7.23. The van der Waals surface area contributed by atoms with Crippen molar-refractivity contribution in [2.24, 2.45) is 0 Å². The lowest BCUT2D eigenvalue weighted by Crippen LogP contribution is -2.29. The fraction of sp³-hybridized carbons (Fsp3) is 0.167. The molecule has 1 atom stereocenters. The zero-order chi connectivity index (χ0) is 21.1. The molecule has 4 aromatic rings. The van der Waals surface area contributed by atoms with Crippen molar-refractivity contribution in [3.8, 4) is 0 Å². The molecule has 0 aliphatic rings. The molecule has 0 radical (unpaired) electrons. The summed E-state index contributed by atoms with van der Waals surface area (Å²) in [6.07, 6.45) is 0. The molecule has 1 amide bonds. The van der Waals surface area contributed by atoms with Crippen LogP contribution in [-0.4, -0.2) is 15.7 Å². The van der Waals surface area contributed by atoms with Crippen LogP contribution in [0, 0.1) is 13.8 Å². The van der Waals surface area contributed by atoms with E-state index in [1.165, 1.54) is 5.56 Å². The van der Waals surface area contributed by atoms with E-state index >= 15 is 0 Å². The van der Waals surface area contributed by atoms with E-state index in [2.05, 4.69) is 22.5 Å². The van der Waals surface area contributed by atoms with E-state index in [1.807, 2.05) is 73.8 Å². The van der Waals surface area contributed by atoms with E-state index in [1.54, 1.807) is 16.0 Å². The van der Waals surface area contributed by atoms with Gasteiger partial charge in [0.15, 0.2) is 0 Å². The van der Waals surface area contributed by atoms with Crippen molar-refractivity contribution in [1.29, 1.82) is 0 Å². The molecule has 1 unspecified atom stereocenters. The normalized spacial score (nSPS) is 12.0. The van der Waals surface area contributed by atoms with Gasteiger partial charge in [0.1, 0.15) is 5.15 Å². The predicted octanol–water partition coefficient (Wildman–Crippen LogP) is 5.78. The van der Waals surface area contributed by atoms with E-state index in [4.69, 9.17) is 11.6 Å². The molecule has 0 aliphatic heterocycles. The predicted molar refractivity (Wildman–Crippen MR) is 122 cm³/mol. The molecular weight excluding hydrogens is 414 g/mol. The fourth-order valence-corrected chi connectivity index (χ4v) is 4.53. The molecule has 0 spiro atoms. The number of aryl methyl sites for hydroxylation is 2.